The van der Waals surface area contributed by atoms with Crippen LogP contribution in [-0.2, 0) is 60.5 Å². The summed E-state index contributed by atoms with van der Waals surface area (Å²) in [7, 11) is 0. The third kappa shape index (κ3) is 13.8. The minimum Gasteiger partial charge on any atom is -0.427 e. The molecule has 0 atom stereocenters. The minimum absolute atomic E-state index is 0.0266. The number of alkyl halides is 4. The van der Waals surface area contributed by atoms with Gasteiger partial charge in [-0.1, -0.05) is 83.9 Å². The van der Waals surface area contributed by atoms with Crippen LogP contribution in [0, 0.1) is 0 Å². The van der Waals surface area contributed by atoms with E-state index in [2.05, 4.69) is 35.9 Å². The molecule has 0 radical (unpaired) electrons. The Balaban J connectivity index is 0.000000238. The Kier molecular flexibility index (Phi) is 17.1. The lowest BCUT2D eigenvalue weighted by Gasteiger charge is -2.17. The normalized spacial score (nSPS) is 11.7. The van der Waals surface area contributed by atoms with E-state index in [0.717, 1.165) is 22.3 Å². The molecule has 6 rings (SSSR count). The van der Waals surface area contributed by atoms with Crippen molar-refractivity contribution in [3.8, 4) is 0 Å². The van der Waals surface area contributed by atoms with E-state index in [9.17, 15) is 32.4 Å². The Labute approximate surface area is 370 Å². The van der Waals surface area contributed by atoms with Gasteiger partial charge in [0.15, 0.2) is 5.49 Å². The second kappa shape index (κ2) is 22.6. The summed E-state index contributed by atoms with van der Waals surface area (Å²) in [4.78, 5) is 40.2. The summed E-state index contributed by atoms with van der Waals surface area (Å²) < 4.78 is 57.8. The predicted molar refractivity (Wildman–Crippen MR) is 231 cm³/mol. The lowest BCUT2D eigenvalue weighted by molar-refractivity contribution is -0.121. The Morgan fingerprint density at radius 1 is 0.667 bits per heavy atom. The molecule has 63 heavy (non-hydrogen) atoms. The molecule has 8 N–H and O–H groups in total. The van der Waals surface area contributed by atoms with Crippen LogP contribution in [0.25, 0.3) is 0 Å². The highest BCUT2D eigenvalue weighted by molar-refractivity contribution is 6.31. The quantitative estimate of drug-likeness (QED) is 0.0441. The highest BCUT2D eigenvalue weighted by atomic mass is 35.5. The summed E-state index contributed by atoms with van der Waals surface area (Å²) >= 11 is 12.3. The van der Waals surface area contributed by atoms with Crippen molar-refractivity contribution < 1.29 is 32.4 Å². The van der Waals surface area contributed by atoms with Gasteiger partial charge in [-0.15, -0.1) is 0 Å². The van der Waals surface area contributed by atoms with Crippen molar-refractivity contribution in [1.82, 2.24) is 30.3 Å². The number of nitrogens with zero attached hydrogens (tertiary/aromatic N) is 5. The van der Waals surface area contributed by atoms with Crippen molar-refractivity contribution in [2.75, 3.05) is 18.4 Å². The standard InChI is InChI=1S/C22H22ClF2N5O2.C22H22ClF2N5O/c23-17-8-9-20(29-14-22(24,25)19-7-3-4-10-27-19)30(32)18(17)11-21(31)28-13-16-6-2-1-5-15(16)12-26;23-17-8-9-20(29-14-22(24,25)19-7-3-4-10-27-19)30-18(17)11-21(31)28-13-16-6-2-1-5-15(16)12-26/h1-10,32H,11-14,26H2,(H,28,31);1-10H,11-14,26H2,(H,28,31)(H,29,30). The number of benzene rings is 2. The third-order valence-electron chi connectivity index (χ3n) is 9.34. The molecule has 4 aromatic heterocycles. The van der Waals surface area contributed by atoms with Crippen LogP contribution in [0.2, 0.25) is 10.0 Å². The van der Waals surface area contributed by atoms with E-state index in [0.29, 0.717) is 24.4 Å². The summed E-state index contributed by atoms with van der Waals surface area (Å²) in [5.41, 5.74) is 14.4. The topological polar surface area (TPSA) is 198 Å². The molecule has 0 unspecified atom stereocenters. The highest BCUT2D eigenvalue weighted by Gasteiger charge is 2.34. The Hall–Kier alpha value is -6.40. The van der Waals surface area contributed by atoms with Gasteiger partial charge in [-0.2, -0.15) is 22.3 Å². The first kappa shape index (κ1) is 47.6. The summed E-state index contributed by atoms with van der Waals surface area (Å²) in [6, 6.07) is 29.1. The number of pyridine rings is 4. The lowest BCUT2D eigenvalue weighted by atomic mass is 10.1. The molecule has 0 bridgehead atoms. The van der Waals surface area contributed by atoms with Gasteiger partial charge in [0.1, 0.15) is 23.8 Å². The van der Waals surface area contributed by atoms with Gasteiger partial charge in [-0.3, -0.25) is 24.5 Å². The van der Waals surface area contributed by atoms with Crippen molar-refractivity contribution in [3.63, 3.8) is 0 Å². The van der Waals surface area contributed by atoms with Gasteiger partial charge in [0, 0.05) is 38.6 Å². The van der Waals surface area contributed by atoms with Gasteiger partial charge in [0.25, 0.3) is 0 Å². The zero-order valence-corrected chi connectivity index (χ0v) is 35.1. The molecule has 0 aliphatic carbocycles. The van der Waals surface area contributed by atoms with Crippen LogP contribution in [-0.4, -0.2) is 49.8 Å². The number of nitrogens with two attached hydrogens (primary N) is 2. The minimum atomic E-state index is -3.33. The maximum absolute atomic E-state index is 14.3. The van der Waals surface area contributed by atoms with E-state index in [1.54, 1.807) is 6.07 Å². The first-order valence-electron chi connectivity index (χ1n) is 19.4. The largest absolute Gasteiger partial charge is 0.427 e. The van der Waals surface area contributed by atoms with Gasteiger partial charge < -0.3 is 32.6 Å². The van der Waals surface area contributed by atoms with Crippen LogP contribution in [0.5, 0.6) is 0 Å². The molecular formula is C44H44Cl2F4N10O3. The van der Waals surface area contributed by atoms with E-state index < -0.39 is 36.5 Å². The smallest absolute Gasteiger partial charge is 0.308 e. The Bertz CT molecular complexity index is 2530. The molecule has 6 aromatic rings. The van der Waals surface area contributed by atoms with Crippen molar-refractivity contribution >= 4 is 40.8 Å². The first-order chi connectivity index (χ1) is 30.2. The number of amides is 2. The van der Waals surface area contributed by atoms with Crippen LogP contribution < -0.4 is 32.9 Å². The molecule has 0 spiro atoms. The number of aromatic nitrogens is 4. The predicted octanol–water partition coefficient (Wildman–Crippen LogP) is 6.44. The van der Waals surface area contributed by atoms with E-state index >= 15 is 0 Å². The zero-order chi connectivity index (χ0) is 45.4. The molecule has 0 aliphatic heterocycles. The molecule has 0 saturated heterocycles. The average Bonchev–Trinajstić information content (AvgIpc) is 3.30. The highest BCUT2D eigenvalue weighted by Crippen LogP contribution is 2.28. The van der Waals surface area contributed by atoms with Crippen molar-refractivity contribution in [2.24, 2.45) is 16.5 Å². The van der Waals surface area contributed by atoms with Crippen LogP contribution in [0.1, 0.15) is 45.0 Å². The van der Waals surface area contributed by atoms with Gasteiger partial charge in [-0.25, -0.2) is 4.98 Å². The van der Waals surface area contributed by atoms with Crippen LogP contribution >= 0.6 is 23.2 Å². The molecule has 19 heteroatoms. The second-order valence-corrected chi connectivity index (χ2v) is 14.6. The average molecular weight is 908 g/mol. The Morgan fingerprint density at radius 2 is 1.17 bits per heavy atom. The van der Waals surface area contributed by atoms with Gasteiger partial charge in [-0.05, 0) is 70.8 Å². The second-order valence-electron chi connectivity index (χ2n) is 13.8. The molecule has 0 aliphatic rings. The molecule has 0 saturated carbocycles. The van der Waals surface area contributed by atoms with Crippen molar-refractivity contribution in [1.29, 1.82) is 0 Å². The number of hydrogen-bond acceptors (Lipinski definition) is 10. The molecule has 0 fully saturated rings. The van der Waals surface area contributed by atoms with Crippen LogP contribution in [0.4, 0.5) is 23.4 Å². The van der Waals surface area contributed by atoms with Gasteiger partial charge in [0.2, 0.25) is 11.8 Å². The molecule has 2 aromatic carbocycles. The van der Waals surface area contributed by atoms with E-state index in [1.165, 1.54) is 67.0 Å². The molecule has 2 amide bonds. The summed E-state index contributed by atoms with van der Waals surface area (Å²) in [5, 5.41) is 18.9. The Morgan fingerprint density at radius 3 is 1.71 bits per heavy atom. The number of rotatable bonds is 17. The summed E-state index contributed by atoms with van der Waals surface area (Å²) in [6.07, 6.45) is 2.21. The van der Waals surface area contributed by atoms with Gasteiger partial charge in [0.05, 0.1) is 40.8 Å². The van der Waals surface area contributed by atoms with Gasteiger partial charge >= 0.3 is 11.8 Å². The molecule has 13 nitrogen and oxygen atoms in total. The van der Waals surface area contributed by atoms with E-state index in [-0.39, 0.29) is 63.7 Å². The fraction of sp³-hybridized carbons (Fsp3) is 0.227. The number of nitrogens with one attached hydrogen (secondary N) is 3. The molecular weight excluding hydrogens is 863 g/mol. The maximum Gasteiger partial charge on any atom is 0.308 e. The first-order valence-corrected chi connectivity index (χ1v) is 20.1. The molecule has 4 heterocycles. The monoisotopic (exact) mass is 906 g/mol. The SMILES string of the molecule is NCc1ccccc1CNC(=O)Cc1c(Cl)ccc(=NCC(F)(F)c2ccccn2)n1O.NCc1ccccc1CNC(=O)Cc1nc(NCC(F)(F)c2ccccn2)ccc1Cl. The van der Waals surface area contributed by atoms with Crippen molar-refractivity contribution in [2.45, 2.75) is 50.9 Å². The number of carbonyl (C=O) groups excluding carboxylic acids is 2. The number of carbonyl (C=O) groups is 2. The fourth-order valence-electron chi connectivity index (χ4n) is 5.93. The third-order valence-corrected chi connectivity index (χ3v) is 10.0. The fourth-order valence-corrected chi connectivity index (χ4v) is 6.31. The van der Waals surface area contributed by atoms with Crippen LogP contribution in [0.15, 0.2) is 127 Å². The maximum atomic E-state index is 14.3. The zero-order valence-electron chi connectivity index (χ0n) is 33.6. The number of hydrogen-bond donors (Lipinski definition) is 6. The van der Waals surface area contributed by atoms with Crippen molar-refractivity contribution in [3.05, 3.63) is 182 Å². The molecule has 330 valence electrons. The van der Waals surface area contributed by atoms with E-state index in [4.69, 9.17) is 34.7 Å². The number of halogens is 6. The summed E-state index contributed by atoms with van der Waals surface area (Å²) in [6.45, 7) is -0.362. The lowest BCUT2D eigenvalue weighted by Crippen LogP contribution is -2.30. The number of anilines is 1. The van der Waals surface area contributed by atoms with E-state index in [1.807, 2.05) is 48.5 Å². The summed E-state index contributed by atoms with van der Waals surface area (Å²) in [5.74, 6) is -7.04. The van der Waals surface area contributed by atoms with Crippen LogP contribution in [0.3, 0.4) is 0 Å².